The highest BCUT2D eigenvalue weighted by Gasteiger charge is 2.85. The highest BCUT2D eigenvalue weighted by molar-refractivity contribution is 6.21. The van der Waals surface area contributed by atoms with Crippen LogP contribution in [0.3, 0.4) is 0 Å². The molecule has 7 aliphatic rings. The third-order valence-corrected chi connectivity index (χ3v) is 11.0. The van der Waals surface area contributed by atoms with Crippen LogP contribution in [0.5, 0.6) is 0 Å². The van der Waals surface area contributed by atoms with Crippen molar-refractivity contribution in [3.05, 3.63) is 70.1 Å². The summed E-state index contributed by atoms with van der Waals surface area (Å²) >= 11 is 0. The van der Waals surface area contributed by atoms with E-state index in [1.165, 1.54) is 12.0 Å². The van der Waals surface area contributed by atoms with Gasteiger partial charge in [-0.05, 0) is 38.3 Å². The van der Waals surface area contributed by atoms with Gasteiger partial charge in [0.1, 0.15) is 17.0 Å². The van der Waals surface area contributed by atoms with E-state index in [0.29, 0.717) is 53.5 Å². The van der Waals surface area contributed by atoms with Crippen molar-refractivity contribution in [2.45, 2.75) is 63.1 Å². The smallest absolute Gasteiger partial charge is 0.343 e. The Hall–Kier alpha value is -4.03. The monoisotopic (exact) mass is 585 g/mol. The molecule has 43 heavy (non-hydrogen) atoms. The minimum atomic E-state index is -0.834. The van der Waals surface area contributed by atoms with E-state index < -0.39 is 17.3 Å². The molecule has 7 aliphatic heterocycles. The number of ether oxygens (including phenoxy) is 4. The number of esters is 1. The van der Waals surface area contributed by atoms with Gasteiger partial charge in [-0.1, -0.05) is 24.3 Å². The lowest BCUT2D eigenvalue weighted by Gasteiger charge is -2.47. The molecule has 1 aromatic carbocycles. The molecule has 1 spiro atoms. The average Bonchev–Trinajstić information content (AvgIpc) is 3.84. The summed E-state index contributed by atoms with van der Waals surface area (Å²) in [6.07, 6.45) is 4.24. The van der Waals surface area contributed by atoms with Gasteiger partial charge in [-0.15, -0.1) is 5.10 Å². The van der Waals surface area contributed by atoms with E-state index >= 15 is 0 Å². The van der Waals surface area contributed by atoms with Crippen LogP contribution in [0, 0.1) is 17.8 Å². The zero-order valence-electron chi connectivity index (χ0n) is 24.1. The predicted octanol–water partition coefficient (Wildman–Crippen LogP) is 2.33. The molecule has 2 amide bonds. The summed E-state index contributed by atoms with van der Waals surface area (Å²) in [5, 5.41) is 9.16. The summed E-state index contributed by atoms with van der Waals surface area (Å²) in [6, 6.07) is 7.17. The van der Waals surface area contributed by atoms with Crippen molar-refractivity contribution in [3.63, 3.8) is 0 Å². The fraction of sp³-hybridized carbons (Fsp3) is 0.516. The summed E-state index contributed by atoms with van der Waals surface area (Å²) in [7, 11) is 1.54. The molecule has 5 fully saturated rings. The van der Waals surface area contributed by atoms with E-state index in [2.05, 4.69) is 17.0 Å². The molecule has 0 radical (unpaired) electrons. The van der Waals surface area contributed by atoms with Gasteiger partial charge in [0.05, 0.1) is 47.9 Å². The Balaban J connectivity index is 0.984. The van der Waals surface area contributed by atoms with Crippen LogP contribution in [0.1, 0.15) is 59.5 Å². The number of imide groups is 1. The average molecular weight is 586 g/mol. The molecule has 5 bridgehead atoms. The number of hydrogen-bond donors (Lipinski definition) is 0. The highest BCUT2D eigenvalue weighted by Crippen LogP contribution is 2.74. The summed E-state index contributed by atoms with van der Waals surface area (Å²) in [5.41, 5.74) is 1.79. The number of piperidine rings is 1. The Bertz CT molecular complexity index is 1680. The van der Waals surface area contributed by atoms with E-state index in [-0.39, 0.29) is 41.7 Å². The van der Waals surface area contributed by atoms with Gasteiger partial charge in [0.25, 0.3) is 11.8 Å². The fourth-order valence-electron chi connectivity index (χ4n) is 9.45. The van der Waals surface area contributed by atoms with Crippen LogP contribution in [0.4, 0.5) is 0 Å². The number of aromatic nitrogens is 3. The maximum absolute atomic E-state index is 12.8. The molecule has 8 atom stereocenters. The normalized spacial score (nSPS) is 39.7. The van der Waals surface area contributed by atoms with Crippen molar-refractivity contribution in [2.75, 3.05) is 20.2 Å². The van der Waals surface area contributed by atoms with Crippen LogP contribution in [-0.2, 0) is 35.8 Å². The third-order valence-electron chi connectivity index (χ3n) is 11.0. The number of aryl methyl sites for hydroxylation is 1. The maximum Gasteiger partial charge on any atom is 0.343 e. The molecule has 0 N–H and O–H groups in total. The quantitative estimate of drug-likeness (QED) is 0.368. The number of carbonyl (C=O) groups excluding carboxylic acids is 3. The Kier molecular flexibility index (Phi) is 4.93. The van der Waals surface area contributed by atoms with Crippen LogP contribution in [0.25, 0.3) is 0 Å². The van der Waals surface area contributed by atoms with Gasteiger partial charge in [0, 0.05) is 31.6 Å². The topological polar surface area (TPSA) is 125 Å². The number of amides is 2. The van der Waals surface area contributed by atoms with Crippen molar-refractivity contribution >= 4 is 17.8 Å². The van der Waals surface area contributed by atoms with Gasteiger partial charge in [0.15, 0.2) is 5.76 Å². The Morgan fingerprint density at radius 2 is 1.88 bits per heavy atom. The molecule has 2 aromatic rings. The number of methoxy groups -OCH3 is 1. The molecular formula is C31H31N5O7. The largest absolute Gasteiger partial charge is 0.492 e. The van der Waals surface area contributed by atoms with Crippen molar-refractivity contribution in [3.8, 4) is 0 Å². The van der Waals surface area contributed by atoms with Crippen molar-refractivity contribution in [1.82, 2.24) is 24.8 Å². The van der Waals surface area contributed by atoms with Crippen LogP contribution in [-0.4, -0.2) is 80.7 Å². The number of hydrogen-bond acceptors (Lipinski definition) is 10. The molecule has 1 unspecified atom stereocenters. The zero-order valence-corrected chi connectivity index (χ0v) is 24.1. The molecule has 0 aliphatic carbocycles. The minimum Gasteiger partial charge on any atom is -0.492 e. The van der Waals surface area contributed by atoms with Crippen molar-refractivity contribution in [2.24, 2.45) is 17.8 Å². The fourth-order valence-corrected chi connectivity index (χ4v) is 9.45. The van der Waals surface area contributed by atoms with Crippen molar-refractivity contribution < 1.29 is 33.3 Å². The first-order chi connectivity index (χ1) is 20.8. The lowest BCUT2D eigenvalue weighted by molar-refractivity contribution is -0.256. The Labute approximate surface area is 247 Å². The van der Waals surface area contributed by atoms with E-state index in [4.69, 9.17) is 24.0 Å². The van der Waals surface area contributed by atoms with Gasteiger partial charge < -0.3 is 18.9 Å². The molecule has 12 heteroatoms. The van der Waals surface area contributed by atoms with Gasteiger partial charge in [-0.3, -0.25) is 24.1 Å². The second kappa shape index (κ2) is 8.32. The van der Waals surface area contributed by atoms with E-state index in [0.717, 1.165) is 25.1 Å². The number of benzene rings is 1. The van der Waals surface area contributed by atoms with Crippen molar-refractivity contribution in [1.29, 1.82) is 0 Å². The summed E-state index contributed by atoms with van der Waals surface area (Å²) < 4.78 is 26.8. The molecule has 222 valence electrons. The van der Waals surface area contributed by atoms with Gasteiger partial charge in [-0.25, -0.2) is 4.79 Å². The second-order valence-electron chi connectivity index (χ2n) is 12.7. The molecule has 1 aromatic heterocycles. The molecular weight excluding hydrogens is 554 g/mol. The molecule has 9 rings (SSSR count). The van der Waals surface area contributed by atoms with Gasteiger partial charge in [-0.2, -0.15) is 0 Å². The van der Waals surface area contributed by atoms with Gasteiger partial charge in [0.2, 0.25) is 11.5 Å². The second-order valence-corrected chi connectivity index (χ2v) is 12.7. The number of allylic oxidation sites excluding steroid dienone is 1. The first-order valence-corrected chi connectivity index (χ1v) is 15.0. The van der Waals surface area contributed by atoms with Crippen LogP contribution in [0.2, 0.25) is 0 Å². The summed E-state index contributed by atoms with van der Waals surface area (Å²) in [6.45, 7) is 5.59. The molecule has 12 nitrogen and oxygen atoms in total. The summed E-state index contributed by atoms with van der Waals surface area (Å²) in [4.78, 5) is 41.8. The lowest BCUT2D eigenvalue weighted by atomic mass is 9.70. The van der Waals surface area contributed by atoms with Crippen LogP contribution < -0.4 is 0 Å². The SMILES string of the molecule is COC1=C(C)C(=O)O/C1=C1\O[C@@]23O[C@H]4C[C@@H]([C@H]2[C@@H]1C)N1CC[C@H]3[C@@]41c1cn(CCCN2C(=O)c3ccccc3C2=O)nn1. The first kappa shape index (κ1) is 25.5. The lowest BCUT2D eigenvalue weighted by Crippen LogP contribution is -2.60. The van der Waals surface area contributed by atoms with E-state index in [1.807, 2.05) is 6.20 Å². The predicted molar refractivity (Wildman–Crippen MR) is 146 cm³/mol. The molecule has 0 saturated carbocycles. The molecule has 5 saturated heterocycles. The molecule has 8 heterocycles. The van der Waals surface area contributed by atoms with E-state index in [1.54, 1.807) is 35.9 Å². The minimum absolute atomic E-state index is 0.0261. The third kappa shape index (κ3) is 2.86. The number of nitrogens with zero attached hydrogens (tertiary/aromatic N) is 5. The number of fused-ring (bicyclic) bond motifs is 2. The summed E-state index contributed by atoms with van der Waals surface area (Å²) in [5.74, 6) is -0.235. The van der Waals surface area contributed by atoms with E-state index in [9.17, 15) is 14.4 Å². The first-order valence-electron chi connectivity index (χ1n) is 15.0. The standard InChI is InChI=1S/C31H31N5O7/c1-15-23-19-13-22-30(21-14-34(33-32-21)10-6-11-35-27(37)17-7-4-5-8-18(17)28(35)38)20(9-12-36(19)30)31(23,42-22)43-25(15)26-24(40-3)16(2)29(39)41-26/h4-5,7-8,14-15,19-20,22-23H,6,9-13H2,1-3H3/b26-25-/t15-,19-,20-,22-,23+,30+,31+/m0/s1. The van der Waals surface area contributed by atoms with Crippen LogP contribution >= 0.6 is 0 Å². The Morgan fingerprint density at radius 3 is 2.63 bits per heavy atom. The maximum atomic E-state index is 12.8. The number of rotatable bonds is 6. The van der Waals surface area contributed by atoms with Gasteiger partial charge >= 0.3 is 5.97 Å². The Morgan fingerprint density at radius 1 is 1.12 bits per heavy atom. The van der Waals surface area contributed by atoms with Crippen LogP contribution in [0.15, 0.2) is 53.3 Å². The number of cyclic esters (lactones) is 1. The highest BCUT2D eigenvalue weighted by atomic mass is 16.7. The number of carbonyl (C=O) groups is 3. The zero-order chi connectivity index (χ0) is 29.4.